The first-order valence-electron chi connectivity index (χ1n) is 7.43. The molecule has 0 aliphatic carbocycles. The zero-order valence-corrected chi connectivity index (χ0v) is 12.7. The Morgan fingerprint density at radius 1 is 1.20 bits per heavy atom. The van der Waals surface area contributed by atoms with Crippen LogP contribution in [0.15, 0.2) is 18.2 Å². The second kappa shape index (κ2) is 10.5. The van der Waals surface area contributed by atoms with Crippen molar-refractivity contribution in [1.82, 2.24) is 5.32 Å². The van der Waals surface area contributed by atoms with E-state index in [0.717, 1.165) is 49.6 Å². The van der Waals surface area contributed by atoms with Crippen molar-refractivity contribution >= 4 is 0 Å². The van der Waals surface area contributed by atoms with Crippen LogP contribution in [0.4, 0.5) is 0 Å². The number of benzene rings is 1. The molecule has 0 saturated heterocycles. The Kier molecular flexibility index (Phi) is 8.83. The van der Waals surface area contributed by atoms with E-state index >= 15 is 0 Å². The molecule has 1 aromatic carbocycles. The maximum absolute atomic E-state index is 8.78. The van der Waals surface area contributed by atoms with Gasteiger partial charge in [-0.3, -0.25) is 0 Å². The standard InChI is InChI=1S/C16H27NO3/c1-3-4-5-12-20-16-14(13-17-10-7-11-18)8-6-9-15(16)19-2/h6,8-9,17-18H,3-5,7,10-13H2,1-2H3. The number of unbranched alkanes of at least 4 members (excludes halogenated alkanes) is 2. The van der Waals surface area contributed by atoms with Gasteiger partial charge < -0.3 is 19.9 Å². The number of hydrogen-bond donors (Lipinski definition) is 2. The van der Waals surface area contributed by atoms with E-state index in [9.17, 15) is 0 Å². The Balaban J connectivity index is 2.61. The van der Waals surface area contributed by atoms with E-state index in [1.54, 1.807) is 7.11 Å². The van der Waals surface area contributed by atoms with Crippen molar-refractivity contribution in [3.63, 3.8) is 0 Å². The van der Waals surface area contributed by atoms with Gasteiger partial charge in [0.1, 0.15) is 0 Å². The molecule has 1 aromatic rings. The molecule has 0 radical (unpaired) electrons. The van der Waals surface area contributed by atoms with E-state index in [0.29, 0.717) is 0 Å². The van der Waals surface area contributed by atoms with Crippen LogP contribution in [-0.2, 0) is 6.54 Å². The highest BCUT2D eigenvalue weighted by atomic mass is 16.5. The Morgan fingerprint density at radius 3 is 2.75 bits per heavy atom. The predicted octanol–water partition coefficient (Wildman–Crippen LogP) is 2.74. The zero-order valence-electron chi connectivity index (χ0n) is 12.7. The molecule has 4 nitrogen and oxygen atoms in total. The summed E-state index contributed by atoms with van der Waals surface area (Å²) in [6.07, 6.45) is 4.19. The molecule has 114 valence electrons. The summed E-state index contributed by atoms with van der Waals surface area (Å²) in [5, 5.41) is 12.1. The minimum Gasteiger partial charge on any atom is -0.493 e. The number of rotatable bonds is 11. The van der Waals surface area contributed by atoms with Crippen molar-refractivity contribution in [2.45, 2.75) is 39.2 Å². The van der Waals surface area contributed by atoms with Gasteiger partial charge in [-0.1, -0.05) is 31.9 Å². The van der Waals surface area contributed by atoms with Crippen molar-refractivity contribution in [2.75, 3.05) is 26.9 Å². The van der Waals surface area contributed by atoms with Gasteiger partial charge in [0, 0.05) is 18.7 Å². The molecule has 0 amide bonds. The van der Waals surface area contributed by atoms with E-state index in [1.807, 2.05) is 18.2 Å². The predicted molar refractivity (Wildman–Crippen MR) is 81.4 cm³/mol. The van der Waals surface area contributed by atoms with Crippen LogP contribution >= 0.6 is 0 Å². The van der Waals surface area contributed by atoms with Gasteiger partial charge >= 0.3 is 0 Å². The number of ether oxygens (including phenoxy) is 2. The van der Waals surface area contributed by atoms with Crippen molar-refractivity contribution in [1.29, 1.82) is 0 Å². The first-order valence-corrected chi connectivity index (χ1v) is 7.43. The van der Waals surface area contributed by atoms with Crippen LogP contribution in [0, 0.1) is 0 Å². The molecular weight excluding hydrogens is 254 g/mol. The average molecular weight is 281 g/mol. The van der Waals surface area contributed by atoms with Gasteiger partial charge in [-0.15, -0.1) is 0 Å². The summed E-state index contributed by atoms with van der Waals surface area (Å²) >= 11 is 0. The molecule has 2 N–H and O–H groups in total. The molecular formula is C16H27NO3. The Bertz CT molecular complexity index is 369. The Labute approximate surface area is 122 Å². The van der Waals surface area contributed by atoms with Gasteiger partial charge in [0.2, 0.25) is 0 Å². The summed E-state index contributed by atoms with van der Waals surface area (Å²) in [7, 11) is 1.66. The molecule has 0 spiro atoms. The maximum Gasteiger partial charge on any atom is 0.165 e. The zero-order chi connectivity index (χ0) is 14.6. The third-order valence-corrected chi connectivity index (χ3v) is 3.10. The van der Waals surface area contributed by atoms with Crippen LogP contribution < -0.4 is 14.8 Å². The molecule has 0 bridgehead atoms. The average Bonchev–Trinajstić information content (AvgIpc) is 2.48. The molecule has 0 aliphatic rings. The monoisotopic (exact) mass is 281 g/mol. The number of methoxy groups -OCH3 is 1. The van der Waals surface area contributed by atoms with Gasteiger partial charge in [-0.05, 0) is 25.5 Å². The van der Waals surface area contributed by atoms with E-state index in [-0.39, 0.29) is 6.61 Å². The molecule has 4 heteroatoms. The molecule has 0 heterocycles. The fraction of sp³-hybridized carbons (Fsp3) is 0.625. The second-order valence-corrected chi connectivity index (χ2v) is 4.76. The fourth-order valence-electron chi connectivity index (χ4n) is 1.98. The number of hydrogen-bond acceptors (Lipinski definition) is 4. The van der Waals surface area contributed by atoms with E-state index in [4.69, 9.17) is 14.6 Å². The fourth-order valence-corrected chi connectivity index (χ4v) is 1.98. The summed E-state index contributed by atoms with van der Waals surface area (Å²) in [6, 6.07) is 5.94. The summed E-state index contributed by atoms with van der Waals surface area (Å²) in [4.78, 5) is 0. The Hall–Kier alpha value is -1.26. The Morgan fingerprint density at radius 2 is 2.05 bits per heavy atom. The third kappa shape index (κ3) is 5.80. The minimum atomic E-state index is 0.214. The van der Waals surface area contributed by atoms with Gasteiger partial charge in [-0.2, -0.15) is 0 Å². The lowest BCUT2D eigenvalue weighted by Crippen LogP contribution is -2.16. The summed E-state index contributed by atoms with van der Waals surface area (Å²) in [5.74, 6) is 1.62. The molecule has 0 atom stereocenters. The first kappa shape index (κ1) is 16.8. The minimum absolute atomic E-state index is 0.214. The number of para-hydroxylation sites is 1. The first-order chi connectivity index (χ1) is 9.83. The lowest BCUT2D eigenvalue weighted by molar-refractivity contribution is 0.279. The van der Waals surface area contributed by atoms with Gasteiger partial charge in [0.05, 0.1) is 13.7 Å². The van der Waals surface area contributed by atoms with Crippen LogP contribution in [0.1, 0.15) is 38.2 Å². The summed E-state index contributed by atoms with van der Waals surface area (Å²) in [5.41, 5.74) is 1.10. The third-order valence-electron chi connectivity index (χ3n) is 3.10. The highest BCUT2D eigenvalue weighted by molar-refractivity contribution is 5.46. The van der Waals surface area contributed by atoms with Crippen molar-refractivity contribution < 1.29 is 14.6 Å². The number of aliphatic hydroxyl groups is 1. The molecule has 0 aromatic heterocycles. The number of nitrogens with one attached hydrogen (secondary N) is 1. The van der Waals surface area contributed by atoms with Crippen molar-refractivity contribution in [3.05, 3.63) is 23.8 Å². The second-order valence-electron chi connectivity index (χ2n) is 4.76. The van der Waals surface area contributed by atoms with Crippen molar-refractivity contribution in [2.24, 2.45) is 0 Å². The topological polar surface area (TPSA) is 50.7 Å². The lowest BCUT2D eigenvalue weighted by atomic mass is 10.1. The van der Waals surface area contributed by atoms with Gasteiger partial charge in [0.25, 0.3) is 0 Å². The van der Waals surface area contributed by atoms with E-state index < -0.39 is 0 Å². The SMILES string of the molecule is CCCCCOc1c(CNCCCO)cccc1OC. The van der Waals surface area contributed by atoms with E-state index in [1.165, 1.54) is 12.8 Å². The molecule has 0 unspecified atom stereocenters. The van der Waals surface area contributed by atoms with Crippen LogP contribution in [0.2, 0.25) is 0 Å². The summed E-state index contributed by atoms with van der Waals surface area (Å²) in [6.45, 7) is 4.63. The maximum atomic E-state index is 8.78. The summed E-state index contributed by atoms with van der Waals surface area (Å²) < 4.78 is 11.3. The van der Waals surface area contributed by atoms with Crippen LogP contribution in [0.5, 0.6) is 11.5 Å². The quantitative estimate of drug-likeness (QED) is 0.612. The van der Waals surface area contributed by atoms with Crippen LogP contribution in [0.25, 0.3) is 0 Å². The molecule has 1 rings (SSSR count). The molecule has 20 heavy (non-hydrogen) atoms. The van der Waals surface area contributed by atoms with Gasteiger partial charge in [-0.25, -0.2) is 0 Å². The smallest absolute Gasteiger partial charge is 0.165 e. The normalized spacial score (nSPS) is 10.6. The van der Waals surface area contributed by atoms with Crippen LogP contribution in [0.3, 0.4) is 0 Å². The van der Waals surface area contributed by atoms with Crippen molar-refractivity contribution in [3.8, 4) is 11.5 Å². The van der Waals surface area contributed by atoms with E-state index in [2.05, 4.69) is 12.2 Å². The molecule has 0 aliphatic heterocycles. The molecule has 0 saturated carbocycles. The van der Waals surface area contributed by atoms with Crippen LogP contribution in [-0.4, -0.2) is 32.0 Å². The largest absolute Gasteiger partial charge is 0.493 e. The lowest BCUT2D eigenvalue weighted by Gasteiger charge is -2.15. The van der Waals surface area contributed by atoms with Gasteiger partial charge in [0.15, 0.2) is 11.5 Å². The molecule has 0 fully saturated rings. The highest BCUT2D eigenvalue weighted by Crippen LogP contribution is 2.31. The number of aliphatic hydroxyl groups excluding tert-OH is 1. The highest BCUT2D eigenvalue weighted by Gasteiger charge is 2.10.